The van der Waals surface area contributed by atoms with Crippen molar-refractivity contribution in [3.05, 3.63) is 35.3 Å². The van der Waals surface area contributed by atoms with Crippen LogP contribution in [0.2, 0.25) is 0 Å². The van der Waals surface area contributed by atoms with Gasteiger partial charge in [0.05, 0.1) is 11.7 Å². The molecule has 0 saturated heterocycles. The third-order valence-electron chi connectivity index (χ3n) is 2.43. The number of fused-ring (bicyclic) bond motifs is 1. The van der Waals surface area contributed by atoms with Crippen LogP contribution in [0, 0.1) is 0 Å². The zero-order chi connectivity index (χ0) is 11.8. The second-order valence-corrected chi connectivity index (χ2v) is 4.85. The maximum atomic E-state index is 11.0. The van der Waals surface area contributed by atoms with Crippen molar-refractivity contribution in [2.75, 3.05) is 0 Å². The maximum Gasteiger partial charge on any atom is 0.357 e. The van der Waals surface area contributed by atoms with Crippen LogP contribution in [0.4, 0.5) is 0 Å². The van der Waals surface area contributed by atoms with E-state index in [-0.39, 0.29) is 5.69 Å². The monoisotopic (exact) mass is 262 g/mol. The fraction of sp³-hybridized carbons (Fsp3) is 0. The van der Waals surface area contributed by atoms with Crippen molar-refractivity contribution in [3.63, 3.8) is 0 Å². The van der Waals surface area contributed by atoms with Crippen molar-refractivity contribution >= 4 is 39.1 Å². The van der Waals surface area contributed by atoms with E-state index in [4.69, 9.17) is 5.11 Å². The lowest BCUT2D eigenvalue weighted by Gasteiger charge is -1.95. The molecule has 3 rings (SSSR count). The Labute approximate surface area is 104 Å². The Hall–Kier alpha value is -1.79. The molecule has 17 heavy (non-hydrogen) atoms. The van der Waals surface area contributed by atoms with Crippen LogP contribution < -0.4 is 0 Å². The molecule has 2 aromatic heterocycles. The minimum atomic E-state index is -1.04. The van der Waals surface area contributed by atoms with Crippen LogP contribution in [-0.2, 0) is 0 Å². The Morgan fingerprint density at radius 1 is 1.24 bits per heavy atom. The molecule has 0 atom stereocenters. The van der Waals surface area contributed by atoms with E-state index in [2.05, 4.69) is 8.75 Å². The Morgan fingerprint density at radius 3 is 2.88 bits per heavy atom. The first-order valence-electron chi connectivity index (χ1n) is 4.80. The van der Waals surface area contributed by atoms with Crippen LogP contribution in [0.1, 0.15) is 10.5 Å². The van der Waals surface area contributed by atoms with E-state index >= 15 is 0 Å². The number of carboxylic acid groups (broad SMARTS) is 1. The average Bonchev–Trinajstić information content (AvgIpc) is 2.94. The molecule has 0 bridgehead atoms. The maximum absolute atomic E-state index is 11.0. The van der Waals surface area contributed by atoms with Gasteiger partial charge in [0.2, 0.25) is 0 Å². The molecular weight excluding hydrogens is 256 g/mol. The summed E-state index contributed by atoms with van der Waals surface area (Å²) < 4.78 is 9.02. The summed E-state index contributed by atoms with van der Waals surface area (Å²) in [6.45, 7) is 0. The van der Waals surface area contributed by atoms with Crippen LogP contribution in [-0.4, -0.2) is 19.8 Å². The minimum absolute atomic E-state index is 0.0264. The molecule has 2 heterocycles. The molecule has 0 radical (unpaired) electrons. The van der Waals surface area contributed by atoms with Crippen LogP contribution in [0.3, 0.4) is 0 Å². The van der Waals surface area contributed by atoms with E-state index in [1.807, 2.05) is 29.6 Å². The first-order chi connectivity index (χ1) is 8.27. The standard InChI is InChI=1S/C11H6N2O2S2/c14-11(15)10-9(12-17-13-10)7-5-16-8-4-2-1-3-6(7)8/h1-5H,(H,14,15). The van der Waals surface area contributed by atoms with Crippen LogP contribution >= 0.6 is 23.1 Å². The highest BCUT2D eigenvalue weighted by Gasteiger charge is 2.19. The van der Waals surface area contributed by atoms with Gasteiger partial charge in [0.15, 0.2) is 5.69 Å². The molecule has 0 aliphatic carbocycles. The van der Waals surface area contributed by atoms with Gasteiger partial charge in [0.25, 0.3) is 0 Å². The first-order valence-corrected chi connectivity index (χ1v) is 6.41. The summed E-state index contributed by atoms with van der Waals surface area (Å²) in [6.07, 6.45) is 0. The van der Waals surface area contributed by atoms with Gasteiger partial charge in [0, 0.05) is 21.0 Å². The number of thiophene rings is 1. The van der Waals surface area contributed by atoms with E-state index in [9.17, 15) is 4.79 Å². The number of carboxylic acids is 1. The molecular formula is C11H6N2O2S2. The lowest BCUT2D eigenvalue weighted by Crippen LogP contribution is -1.98. The summed E-state index contributed by atoms with van der Waals surface area (Å²) in [5.41, 5.74) is 1.33. The van der Waals surface area contributed by atoms with Crippen molar-refractivity contribution in [2.45, 2.75) is 0 Å². The number of aromatic nitrogens is 2. The first kappa shape index (κ1) is 10.4. The summed E-state index contributed by atoms with van der Waals surface area (Å²) in [7, 11) is 0. The van der Waals surface area contributed by atoms with Gasteiger partial charge < -0.3 is 5.11 Å². The molecule has 1 aromatic carbocycles. The molecule has 6 heteroatoms. The summed E-state index contributed by atoms with van der Waals surface area (Å²) in [5.74, 6) is -1.04. The summed E-state index contributed by atoms with van der Waals surface area (Å²) in [6, 6.07) is 7.86. The summed E-state index contributed by atoms with van der Waals surface area (Å²) in [5, 5.41) is 12.0. The predicted octanol–water partition coefficient (Wildman–Crippen LogP) is 3.12. The second-order valence-electron chi connectivity index (χ2n) is 3.41. The highest BCUT2D eigenvalue weighted by Crippen LogP contribution is 2.34. The van der Waals surface area contributed by atoms with Gasteiger partial charge in [-0.05, 0) is 6.07 Å². The van der Waals surface area contributed by atoms with E-state index in [0.717, 1.165) is 27.4 Å². The van der Waals surface area contributed by atoms with Gasteiger partial charge in [-0.3, -0.25) is 0 Å². The number of benzene rings is 1. The Kier molecular flexibility index (Phi) is 2.38. The van der Waals surface area contributed by atoms with Gasteiger partial charge in [-0.25, -0.2) is 4.79 Å². The van der Waals surface area contributed by atoms with Gasteiger partial charge in [-0.2, -0.15) is 8.75 Å². The van der Waals surface area contributed by atoms with Gasteiger partial charge in [-0.1, -0.05) is 18.2 Å². The van der Waals surface area contributed by atoms with E-state index < -0.39 is 5.97 Å². The lowest BCUT2D eigenvalue weighted by atomic mass is 10.1. The number of carbonyl (C=O) groups is 1. The molecule has 0 amide bonds. The molecule has 0 spiro atoms. The molecule has 84 valence electrons. The lowest BCUT2D eigenvalue weighted by molar-refractivity contribution is 0.0692. The highest BCUT2D eigenvalue weighted by atomic mass is 32.1. The molecule has 4 nitrogen and oxygen atoms in total. The fourth-order valence-electron chi connectivity index (χ4n) is 1.67. The van der Waals surface area contributed by atoms with Gasteiger partial charge >= 0.3 is 5.97 Å². The SMILES string of the molecule is O=C(O)c1nsnc1-c1csc2ccccc12. The van der Waals surface area contributed by atoms with E-state index in [1.54, 1.807) is 11.3 Å². The highest BCUT2D eigenvalue weighted by molar-refractivity contribution is 7.17. The number of hydrogen-bond donors (Lipinski definition) is 1. The minimum Gasteiger partial charge on any atom is -0.476 e. The fourth-order valence-corrected chi connectivity index (χ4v) is 3.17. The molecule has 0 saturated carbocycles. The molecule has 0 fully saturated rings. The van der Waals surface area contributed by atoms with E-state index in [0.29, 0.717) is 5.69 Å². The molecule has 3 aromatic rings. The smallest absolute Gasteiger partial charge is 0.357 e. The Morgan fingerprint density at radius 2 is 2.06 bits per heavy atom. The van der Waals surface area contributed by atoms with Crippen molar-refractivity contribution in [1.82, 2.24) is 8.75 Å². The van der Waals surface area contributed by atoms with Crippen LogP contribution in [0.5, 0.6) is 0 Å². The van der Waals surface area contributed by atoms with Crippen molar-refractivity contribution < 1.29 is 9.90 Å². The van der Waals surface area contributed by atoms with Gasteiger partial charge in [0.1, 0.15) is 5.69 Å². The van der Waals surface area contributed by atoms with Crippen molar-refractivity contribution in [2.24, 2.45) is 0 Å². The molecule has 0 aliphatic heterocycles. The Bertz CT molecular complexity index is 702. The van der Waals surface area contributed by atoms with Gasteiger partial charge in [-0.15, -0.1) is 11.3 Å². The zero-order valence-corrected chi connectivity index (χ0v) is 10.1. The van der Waals surface area contributed by atoms with Crippen LogP contribution in [0.25, 0.3) is 21.3 Å². The normalized spacial score (nSPS) is 10.8. The quantitative estimate of drug-likeness (QED) is 0.770. The summed E-state index contributed by atoms with van der Waals surface area (Å²) >= 11 is 2.50. The molecule has 1 N–H and O–H groups in total. The van der Waals surface area contributed by atoms with Crippen molar-refractivity contribution in [1.29, 1.82) is 0 Å². The topological polar surface area (TPSA) is 63.1 Å². The predicted molar refractivity (Wildman–Crippen MR) is 67.7 cm³/mol. The van der Waals surface area contributed by atoms with Crippen LogP contribution in [0.15, 0.2) is 29.6 Å². The Balaban J connectivity index is 2.28. The number of aromatic carboxylic acids is 1. The van der Waals surface area contributed by atoms with E-state index in [1.165, 1.54) is 0 Å². The average molecular weight is 262 g/mol. The molecule has 0 aliphatic rings. The van der Waals surface area contributed by atoms with Crippen molar-refractivity contribution in [3.8, 4) is 11.3 Å². The molecule has 0 unspecified atom stereocenters. The summed E-state index contributed by atoms with van der Waals surface area (Å²) in [4.78, 5) is 11.0. The number of nitrogens with zero attached hydrogens (tertiary/aromatic N) is 2. The zero-order valence-electron chi connectivity index (χ0n) is 8.45. The third kappa shape index (κ3) is 1.62. The largest absolute Gasteiger partial charge is 0.476 e. The third-order valence-corrected chi connectivity index (χ3v) is 3.92. The number of rotatable bonds is 2. The number of hydrogen-bond acceptors (Lipinski definition) is 5. The second kappa shape index (κ2) is 3.90.